The van der Waals surface area contributed by atoms with Gasteiger partial charge < -0.3 is 29.9 Å². The summed E-state index contributed by atoms with van der Waals surface area (Å²) < 4.78 is 31.9. The van der Waals surface area contributed by atoms with Gasteiger partial charge in [0.25, 0.3) is 23.6 Å². The van der Waals surface area contributed by atoms with Gasteiger partial charge in [0.05, 0.1) is 41.3 Å². The maximum atomic E-state index is 12.8. The molecule has 2 aromatic carbocycles. The summed E-state index contributed by atoms with van der Waals surface area (Å²) in [7, 11) is 2.58. The van der Waals surface area contributed by atoms with Crippen molar-refractivity contribution in [2.45, 2.75) is 77.1 Å². The van der Waals surface area contributed by atoms with Crippen LogP contribution in [-0.2, 0) is 23.9 Å². The van der Waals surface area contributed by atoms with Crippen molar-refractivity contribution in [2.75, 3.05) is 40.4 Å². The summed E-state index contributed by atoms with van der Waals surface area (Å²) in [6, 6.07) is 12.0. The van der Waals surface area contributed by atoms with Crippen molar-refractivity contribution in [1.29, 1.82) is 2.86 Å². The summed E-state index contributed by atoms with van der Waals surface area (Å²) in [5.74, 6) is -3.42. The molecule has 0 spiro atoms. The van der Waals surface area contributed by atoms with Crippen molar-refractivity contribution >= 4 is 47.2 Å². The van der Waals surface area contributed by atoms with Crippen LogP contribution in [0.5, 0.6) is 0 Å². The van der Waals surface area contributed by atoms with Crippen molar-refractivity contribution in [3.05, 3.63) is 70.8 Å². The van der Waals surface area contributed by atoms with Crippen molar-refractivity contribution in [3.8, 4) is 0 Å². The Labute approximate surface area is 319 Å². The first-order chi connectivity index (χ1) is 27.7. The molecule has 0 saturated carbocycles. The van der Waals surface area contributed by atoms with Crippen molar-refractivity contribution in [3.63, 3.8) is 0 Å². The van der Waals surface area contributed by atoms with Crippen molar-refractivity contribution < 1.29 is 61.2 Å². The maximum Gasteiger partial charge on any atom is 0.306 e. The van der Waals surface area contributed by atoms with E-state index in [1.54, 1.807) is 55.5 Å². The lowest BCUT2D eigenvalue weighted by atomic mass is 10.1. The molecule has 2 saturated heterocycles. The number of nitrogens with zero attached hydrogens (tertiary/aromatic N) is 4. The lowest BCUT2D eigenvalue weighted by Crippen LogP contribution is -2.44. The average molecular weight is 759 g/mol. The molecule has 4 aliphatic rings. The number of hydrogen-bond acceptors (Lipinski definition) is 12. The molecular weight excluding hydrogens is 704 g/mol. The molecule has 2 fully saturated rings. The van der Waals surface area contributed by atoms with E-state index >= 15 is 0 Å². The third-order valence-corrected chi connectivity index (χ3v) is 9.05. The molecule has 292 valence electrons. The Kier molecular flexibility index (Phi) is 13.5. The van der Waals surface area contributed by atoms with Gasteiger partial charge in [-0.1, -0.05) is 31.2 Å². The number of Topliss-reactive ketones (excluding diaryl/α,β-unsaturated/α-hetero) is 1. The first-order valence-corrected chi connectivity index (χ1v) is 17.2. The number of aliphatic hydroxyl groups excluding tert-OH is 3. The molecule has 0 radical (unpaired) electrons. The summed E-state index contributed by atoms with van der Waals surface area (Å²) in [4.78, 5) is 102. The number of ether oxygens (including phenoxy) is 1. The number of carbonyl (C=O) groups is 8. The van der Waals surface area contributed by atoms with Gasteiger partial charge in [0.15, 0.2) is 0 Å². The van der Waals surface area contributed by atoms with Gasteiger partial charge in [0.2, 0.25) is 14.7 Å². The normalized spacial score (nSPS) is 21.9. The summed E-state index contributed by atoms with van der Waals surface area (Å²) in [5, 5.41) is 16.6. The van der Waals surface area contributed by atoms with E-state index in [4.69, 9.17) is 10.3 Å². The van der Waals surface area contributed by atoms with Gasteiger partial charge in [0.1, 0.15) is 25.0 Å². The van der Waals surface area contributed by atoms with E-state index in [0.29, 0.717) is 30.4 Å². The van der Waals surface area contributed by atoms with Crippen LogP contribution in [0.2, 0.25) is 0 Å². The molecule has 16 nitrogen and oxygen atoms in total. The highest BCUT2D eigenvalue weighted by atomic mass is 16.5. The Morgan fingerprint density at radius 2 is 1.15 bits per heavy atom. The lowest BCUT2D eigenvalue weighted by molar-refractivity contribution is -0.150. The predicted molar refractivity (Wildman–Crippen MR) is 192 cm³/mol. The van der Waals surface area contributed by atoms with E-state index in [9.17, 15) is 43.5 Å². The second-order valence-corrected chi connectivity index (χ2v) is 12.5. The van der Waals surface area contributed by atoms with E-state index < -0.39 is 66.2 Å². The number of fused-ring (bicyclic) bond motifs is 2. The van der Waals surface area contributed by atoms with Gasteiger partial charge in [-0.2, -0.15) is 0 Å². The Morgan fingerprint density at radius 1 is 0.741 bits per heavy atom. The van der Waals surface area contributed by atoms with Gasteiger partial charge >= 0.3 is 5.97 Å². The molecule has 0 aromatic heterocycles. The van der Waals surface area contributed by atoms with E-state index in [2.05, 4.69) is 10.2 Å². The van der Waals surface area contributed by atoms with E-state index in [0.717, 1.165) is 9.80 Å². The number of benzene rings is 2. The number of rotatable bonds is 9. The van der Waals surface area contributed by atoms with Gasteiger partial charge in [-0.15, -0.1) is 0 Å². The third-order valence-electron chi connectivity index (χ3n) is 9.05. The molecule has 16 heteroatoms. The fourth-order valence-corrected chi connectivity index (χ4v) is 6.34. The van der Waals surface area contributed by atoms with Crippen LogP contribution in [0, 0.1) is 0 Å². The van der Waals surface area contributed by atoms with E-state index in [-0.39, 0.29) is 69.2 Å². The first-order valence-electron chi connectivity index (χ1n) is 19.4. The highest BCUT2D eigenvalue weighted by Crippen LogP contribution is 2.26. The Hall–Kier alpha value is -5.32. The lowest BCUT2D eigenvalue weighted by Gasteiger charge is -2.23. The molecule has 6 rings (SSSR count). The number of amides is 6. The highest BCUT2D eigenvalue weighted by Gasteiger charge is 2.41. The second kappa shape index (κ2) is 19.7. The molecule has 0 bridgehead atoms. The summed E-state index contributed by atoms with van der Waals surface area (Å²) >= 11 is 0. The minimum Gasteiger partial charge on any atom is -0.460 e. The number of likely N-dealkylation sites (tertiary alicyclic amines) is 2. The summed E-state index contributed by atoms with van der Waals surface area (Å²) in [5.41, 5.74) is 1.14. The molecular formula is C38H48N4O12. The molecule has 4 atom stereocenters. The Bertz CT molecular complexity index is 1760. The second-order valence-electron chi connectivity index (χ2n) is 12.5. The number of ketones is 1. The fraction of sp³-hybridized carbons (Fsp3) is 0.474. The Morgan fingerprint density at radius 3 is 1.56 bits per heavy atom. The number of hydrogen-bond donors (Lipinski definition) is 3. The van der Waals surface area contributed by atoms with Crippen LogP contribution < -0.4 is 0 Å². The average Bonchev–Trinajstić information content (AvgIpc) is 3.94. The number of esters is 1. The minimum absolute atomic E-state index is 0.00901. The van der Waals surface area contributed by atoms with Crippen LogP contribution in [0.4, 0.5) is 0 Å². The zero-order valence-corrected chi connectivity index (χ0v) is 30.4. The minimum atomic E-state index is -0.651. The SMILES string of the molecule is [2H]C[C@@H]1C[C@@H](O)CN1C(=O)CN1C(=O)c2ccccc2C1=O.[2H]C[C@@H]1C[C@@H](OC(=O)CCC(=O)CC)CN1C(=O)CN1C(=O)c2ccccc2C1=O.[3H]OC.[3H]OC. The van der Waals surface area contributed by atoms with Gasteiger partial charge in [-0.3, -0.25) is 48.2 Å². The summed E-state index contributed by atoms with van der Waals surface area (Å²) in [6.07, 6.45) is -0.0959. The number of carbonyl (C=O) groups excluding carboxylic acids is 8. The first kappa shape index (κ1) is 37.0. The molecule has 6 amide bonds. The van der Waals surface area contributed by atoms with E-state index in [1.165, 1.54) is 24.0 Å². The third kappa shape index (κ3) is 9.80. The van der Waals surface area contributed by atoms with Crippen molar-refractivity contribution in [2.24, 2.45) is 0 Å². The van der Waals surface area contributed by atoms with Gasteiger partial charge in [-0.05, 0) is 44.5 Å². The quantitative estimate of drug-likeness (QED) is 0.242. The monoisotopic (exact) mass is 758 g/mol. The van der Waals surface area contributed by atoms with Gasteiger partial charge in [0, 0.05) is 54.9 Å². The molecule has 4 aliphatic heterocycles. The molecule has 54 heavy (non-hydrogen) atoms. The molecule has 0 unspecified atom stereocenters. The zero-order valence-electron chi connectivity index (χ0n) is 34.4. The Balaban J connectivity index is 0.000000282. The topological polar surface area (TPSA) is 219 Å². The van der Waals surface area contributed by atoms with Crippen LogP contribution >= 0.6 is 0 Å². The summed E-state index contributed by atoms with van der Waals surface area (Å²) in [6.45, 7) is 1.09. The van der Waals surface area contributed by atoms with Crippen molar-refractivity contribution in [1.82, 2.24) is 19.6 Å². The smallest absolute Gasteiger partial charge is 0.306 e. The van der Waals surface area contributed by atoms with Crippen LogP contribution in [-0.4, -0.2) is 150 Å². The van der Waals surface area contributed by atoms with E-state index in [1.807, 2.05) is 0 Å². The van der Waals surface area contributed by atoms with Crippen LogP contribution in [0.25, 0.3) is 0 Å². The van der Waals surface area contributed by atoms with Crippen LogP contribution in [0.3, 0.4) is 0 Å². The standard InChI is InChI=1S/C21H24N2O6.C15H16N2O4.2CH4O/c1-3-14(24)8-9-19(26)29-15-10-13(2)22(11-15)18(25)12-23-20(27)16-6-4-5-7-17(16)21(23)28;1-9-6-10(18)7-16(9)13(19)8-17-14(20)11-4-2-3-5-12(11)15(17)21;2*1-2/h4-7,13,15H,3,8-12H2,1-2H3;2-5,9-10,18H,6-8H2,1H3;2*2H,1H3/t13-,15-;9-,10-;;/m11../s1/i2D;1D;2*2T. The maximum absolute atomic E-state index is 12.8. The molecule has 2 aromatic rings. The largest absolute Gasteiger partial charge is 0.460 e. The zero-order chi connectivity index (χ0) is 43.1. The predicted octanol–water partition coefficient (Wildman–Crippen LogP) is 1.06. The number of β-amino-alcohol motifs (C(OH)–C–C–N with tert-alkyl or cyclic N) is 1. The van der Waals surface area contributed by atoms with Crippen LogP contribution in [0.15, 0.2) is 48.5 Å². The molecule has 0 aliphatic carbocycles. The molecule has 3 N–H and O–H groups in total. The van der Waals surface area contributed by atoms with Crippen LogP contribution in [0.1, 0.15) is 97.0 Å². The highest BCUT2D eigenvalue weighted by molar-refractivity contribution is 6.23. The van der Waals surface area contributed by atoms with Gasteiger partial charge in [-0.25, -0.2) is 0 Å². The fourth-order valence-electron chi connectivity index (χ4n) is 6.34. The number of imide groups is 2. The number of aliphatic hydroxyl groups is 3. The molecule has 4 heterocycles.